The van der Waals surface area contributed by atoms with Crippen LogP contribution in [-0.2, 0) is 4.79 Å². The number of aryl methyl sites for hydroxylation is 2. The largest absolute Gasteiger partial charge is 0.374 e. The Morgan fingerprint density at radius 1 is 1.37 bits per heavy atom. The van der Waals surface area contributed by atoms with Gasteiger partial charge in [-0.15, -0.1) is 0 Å². The molecule has 0 unspecified atom stereocenters. The summed E-state index contributed by atoms with van der Waals surface area (Å²) in [5.74, 6) is -0.713. The fourth-order valence-corrected chi connectivity index (χ4v) is 1.99. The molecule has 0 bridgehead atoms. The van der Waals surface area contributed by atoms with E-state index < -0.39 is 11.9 Å². The number of hydrogen-bond acceptors (Lipinski definition) is 3. The summed E-state index contributed by atoms with van der Waals surface area (Å²) in [4.78, 5) is 11.6. The van der Waals surface area contributed by atoms with Gasteiger partial charge >= 0.3 is 0 Å². The molecule has 0 aromatic heterocycles. The van der Waals surface area contributed by atoms with Crippen LogP contribution in [0.4, 0.5) is 10.1 Å². The van der Waals surface area contributed by atoms with E-state index in [2.05, 4.69) is 5.32 Å². The van der Waals surface area contributed by atoms with Crippen molar-refractivity contribution in [2.45, 2.75) is 46.1 Å². The standard InChI is InChI=1S/C14H21FN2O2/c1-4-5-6-12(14(18)17-19)16-11-7-9(2)13(15)10(3)8-11/h7-8,12,16,19H,4-6H2,1-3H3,(H,17,18)/t12-/m0/s1. The second-order valence-corrected chi connectivity index (χ2v) is 4.74. The number of nitrogens with one attached hydrogen (secondary N) is 2. The number of amides is 1. The second kappa shape index (κ2) is 7.09. The molecule has 0 saturated heterocycles. The lowest BCUT2D eigenvalue weighted by Gasteiger charge is -2.18. The number of carbonyl (C=O) groups is 1. The number of anilines is 1. The Hall–Kier alpha value is -1.62. The van der Waals surface area contributed by atoms with Crippen molar-refractivity contribution in [3.05, 3.63) is 29.1 Å². The quantitative estimate of drug-likeness (QED) is 0.549. The van der Waals surface area contributed by atoms with E-state index >= 15 is 0 Å². The predicted molar refractivity (Wildman–Crippen MR) is 72.7 cm³/mol. The zero-order valence-electron chi connectivity index (χ0n) is 11.6. The van der Waals surface area contributed by atoms with Crippen LogP contribution in [0.1, 0.15) is 37.3 Å². The Balaban J connectivity index is 2.86. The first-order valence-corrected chi connectivity index (χ1v) is 6.46. The molecule has 0 heterocycles. The van der Waals surface area contributed by atoms with E-state index in [-0.39, 0.29) is 5.82 Å². The van der Waals surface area contributed by atoms with E-state index in [0.29, 0.717) is 23.2 Å². The van der Waals surface area contributed by atoms with Crippen LogP contribution < -0.4 is 10.8 Å². The first-order chi connectivity index (χ1) is 8.99. The molecule has 0 aliphatic rings. The van der Waals surface area contributed by atoms with Gasteiger partial charge in [0.1, 0.15) is 11.9 Å². The van der Waals surface area contributed by atoms with Crippen molar-refractivity contribution in [3.8, 4) is 0 Å². The Morgan fingerprint density at radius 2 is 1.95 bits per heavy atom. The number of unbranched alkanes of at least 4 members (excludes halogenated alkanes) is 1. The van der Waals surface area contributed by atoms with Gasteiger partial charge in [0.25, 0.3) is 5.91 Å². The van der Waals surface area contributed by atoms with E-state index in [4.69, 9.17) is 5.21 Å². The molecule has 0 aliphatic carbocycles. The lowest BCUT2D eigenvalue weighted by Crippen LogP contribution is -2.38. The van der Waals surface area contributed by atoms with Gasteiger partial charge in [0.15, 0.2) is 0 Å². The maximum absolute atomic E-state index is 13.5. The average Bonchev–Trinajstić information content (AvgIpc) is 2.39. The maximum Gasteiger partial charge on any atom is 0.265 e. The van der Waals surface area contributed by atoms with Crippen LogP contribution in [0.15, 0.2) is 12.1 Å². The van der Waals surface area contributed by atoms with Gasteiger partial charge in [-0.3, -0.25) is 10.0 Å². The van der Waals surface area contributed by atoms with Crippen LogP contribution in [0.3, 0.4) is 0 Å². The fourth-order valence-electron chi connectivity index (χ4n) is 1.99. The molecule has 1 aromatic carbocycles. The zero-order valence-corrected chi connectivity index (χ0v) is 11.6. The van der Waals surface area contributed by atoms with Gasteiger partial charge in [0.05, 0.1) is 0 Å². The average molecular weight is 268 g/mol. The maximum atomic E-state index is 13.5. The molecule has 1 amide bonds. The summed E-state index contributed by atoms with van der Waals surface area (Å²) in [5, 5.41) is 11.8. The molecular formula is C14H21FN2O2. The SMILES string of the molecule is CCCC[C@H](Nc1cc(C)c(F)c(C)c1)C(=O)NO. The second-order valence-electron chi connectivity index (χ2n) is 4.74. The Labute approximate surface area is 113 Å². The van der Waals surface area contributed by atoms with Crippen molar-refractivity contribution in [2.24, 2.45) is 0 Å². The minimum Gasteiger partial charge on any atom is -0.374 e. The van der Waals surface area contributed by atoms with Crippen molar-refractivity contribution in [3.63, 3.8) is 0 Å². The van der Waals surface area contributed by atoms with Gasteiger partial charge in [-0.05, 0) is 43.5 Å². The summed E-state index contributed by atoms with van der Waals surface area (Å²) in [5.41, 5.74) is 3.40. The van der Waals surface area contributed by atoms with Gasteiger partial charge in [0.2, 0.25) is 0 Å². The van der Waals surface area contributed by atoms with E-state index in [1.807, 2.05) is 6.92 Å². The molecule has 0 aliphatic heterocycles. The van der Waals surface area contributed by atoms with E-state index in [0.717, 1.165) is 12.8 Å². The molecule has 4 nitrogen and oxygen atoms in total. The van der Waals surface area contributed by atoms with Crippen LogP contribution >= 0.6 is 0 Å². The molecule has 0 spiro atoms. The highest BCUT2D eigenvalue weighted by molar-refractivity contribution is 5.83. The summed E-state index contributed by atoms with van der Waals surface area (Å²) in [6, 6.07) is 2.80. The van der Waals surface area contributed by atoms with E-state index in [1.54, 1.807) is 31.5 Å². The molecule has 0 radical (unpaired) electrons. The van der Waals surface area contributed by atoms with Crippen molar-refractivity contribution in [1.82, 2.24) is 5.48 Å². The van der Waals surface area contributed by atoms with Crippen LogP contribution in [0.5, 0.6) is 0 Å². The third-order valence-corrected chi connectivity index (χ3v) is 3.05. The predicted octanol–water partition coefficient (Wildman–Crippen LogP) is 2.92. The summed E-state index contributed by atoms with van der Waals surface area (Å²) in [6.07, 6.45) is 2.43. The van der Waals surface area contributed by atoms with Crippen LogP contribution in [0.25, 0.3) is 0 Å². The third-order valence-electron chi connectivity index (χ3n) is 3.05. The highest BCUT2D eigenvalue weighted by atomic mass is 19.1. The molecule has 106 valence electrons. The van der Waals surface area contributed by atoms with Gasteiger partial charge < -0.3 is 5.32 Å². The highest BCUT2D eigenvalue weighted by Gasteiger charge is 2.17. The van der Waals surface area contributed by atoms with E-state index in [9.17, 15) is 9.18 Å². The van der Waals surface area contributed by atoms with Crippen LogP contribution in [0, 0.1) is 19.7 Å². The fraction of sp³-hybridized carbons (Fsp3) is 0.500. The normalized spacial score (nSPS) is 12.1. The summed E-state index contributed by atoms with van der Waals surface area (Å²) < 4.78 is 13.5. The van der Waals surface area contributed by atoms with Crippen molar-refractivity contribution >= 4 is 11.6 Å². The summed E-state index contributed by atoms with van der Waals surface area (Å²) in [7, 11) is 0. The summed E-state index contributed by atoms with van der Waals surface area (Å²) in [6.45, 7) is 5.39. The Bertz CT molecular complexity index is 426. The Kier molecular flexibility index (Phi) is 5.76. The first kappa shape index (κ1) is 15.4. The lowest BCUT2D eigenvalue weighted by molar-refractivity contribution is -0.130. The van der Waals surface area contributed by atoms with Gasteiger partial charge in [0, 0.05) is 5.69 Å². The lowest BCUT2D eigenvalue weighted by atomic mass is 10.1. The van der Waals surface area contributed by atoms with Gasteiger partial charge in [-0.2, -0.15) is 0 Å². The van der Waals surface area contributed by atoms with Gasteiger partial charge in [-0.1, -0.05) is 19.8 Å². The van der Waals surface area contributed by atoms with Crippen LogP contribution in [-0.4, -0.2) is 17.2 Å². The Morgan fingerprint density at radius 3 is 2.42 bits per heavy atom. The van der Waals surface area contributed by atoms with Crippen molar-refractivity contribution in [2.75, 3.05) is 5.32 Å². The number of rotatable bonds is 6. The number of halogens is 1. The molecular weight excluding hydrogens is 247 g/mol. The van der Waals surface area contributed by atoms with Crippen molar-refractivity contribution in [1.29, 1.82) is 0 Å². The number of benzene rings is 1. The number of hydroxylamine groups is 1. The summed E-state index contributed by atoms with van der Waals surface area (Å²) >= 11 is 0. The molecule has 0 fully saturated rings. The topological polar surface area (TPSA) is 61.4 Å². The minimum absolute atomic E-state index is 0.234. The number of hydrogen-bond donors (Lipinski definition) is 3. The smallest absolute Gasteiger partial charge is 0.265 e. The third kappa shape index (κ3) is 4.21. The molecule has 1 aromatic rings. The molecule has 0 saturated carbocycles. The molecule has 1 atom stereocenters. The monoisotopic (exact) mass is 268 g/mol. The van der Waals surface area contributed by atoms with Crippen molar-refractivity contribution < 1.29 is 14.4 Å². The van der Waals surface area contributed by atoms with E-state index in [1.165, 1.54) is 0 Å². The molecule has 19 heavy (non-hydrogen) atoms. The molecule has 3 N–H and O–H groups in total. The zero-order chi connectivity index (χ0) is 14.4. The molecule has 1 rings (SSSR count). The highest BCUT2D eigenvalue weighted by Crippen LogP contribution is 2.20. The number of carbonyl (C=O) groups excluding carboxylic acids is 1. The minimum atomic E-state index is -0.519. The van der Waals surface area contributed by atoms with Gasteiger partial charge in [-0.25, -0.2) is 9.87 Å². The van der Waals surface area contributed by atoms with Crippen LogP contribution in [0.2, 0.25) is 0 Å². The first-order valence-electron chi connectivity index (χ1n) is 6.46. The molecule has 5 heteroatoms.